The van der Waals surface area contributed by atoms with Crippen molar-refractivity contribution < 1.29 is 14.8 Å². The molecule has 6 nitrogen and oxygen atoms in total. The summed E-state index contributed by atoms with van der Waals surface area (Å²) in [6.45, 7) is 3.46. The Morgan fingerprint density at radius 3 is 3.00 bits per heavy atom. The zero-order valence-electron chi connectivity index (χ0n) is 11.2. The first kappa shape index (κ1) is 15.0. The van der Waals surface area contributed by atoms with E-state index in [1.54, 1.807) is 13.0 Å². The standard InChI is InChI=1S/C13H17ClN2O4/c1-9(17)6-11-8-20-5-4-15(11)13-3-2-10(16(18)19)7-12(13)14/h2-3,7,9,11,17H,4-6,8H2,1H3. The van der Waals surface area contributed by atoms with Crippen molar-refractivity contribution in [1.29, 1.82) is 0 Å². The maximum atomic E-state index is 10.7. The fourth-order valence-electron chi connectivity index (χ4n) is 2.40. The van der Waals surface area contributed by atoms with Crippen LogP contribution in [0.2, 0.25) is 5.02 Å². The van der Waals surface area contributed by atoms with Gasteiger partial charge in [0.15, 0.2) is 0 Å². The van der Waals surface area contributed by atoms with Crippen molar-refractivity contribution in [2.45, 2.75) is 25.5 Å². The summed E-state index contributed by atoms with van der Waals surface area (Å²) in [7, 11) is 0. The number of anilines is 1. The lowest BCUT2D eigenvalue weighted by Crippen LogP contribution is -2.47. The molecule has 0 aromatic heterocycles. The molecule has 1 fully saturated rings. The fourth-order valence-corrected chi connectivity index (χ4v) is 2.69. The number of benzene rings is 1. The summed E-state index contributed by atoms with van der Waals surface area (Å²) in [6.07, 6.45) is 0.119. The Labute approximate surface area is 122 Å². The molecule has 110 valence electrons. The maximum Gasteiger partial charge on any atom is 0.271 e. The molecule has 1 aliphatic rings. The first-order chi connectivity index (χ1) is 9.49. The van der Waals surface area contributed by atoms with Gasteiger partial charge in [-0.15, -0.1) is 0 Å². The van der Waals surface area contributed by atoms with Gasteiger partial charge in [-0.1, -0.05) is 11.6 Å². The third kappa shape index (κ3) is 3.39. The number of halogens is 1. The largest absolute Gasteiger partial charge is 0.393 e. The second kappa shape index (κ2) is 6.39. The predicted molar refractivity (Wildman–Crippen MR) is 76.4 cm³/mol. The van der Waals surface area contributed by atoms with Gasteiger partial charge in [-0.25, -0.2) is 0 Å². The van der Waals surface area contributed by atoms with E-state index in [2.05, 4.69) is 0 Å². The van der Waals surface area contributed by atoms with Gasteiger partial charge in [-0.05, 0) is 19.4 Å². The van der Waals surface area contributed by atoms with Crippen LogP contribution in [-0.2, 0) is 4.74 Å². The molecule has 1 saturated heterocycles. The summed E-state index contributed by atoms with van der Waals surface area (Å²) in [5.74, 6) is 0. The van der Waals surface area contributed by atoms with Crippen molar-refractivity contribution in [3.05, 3.63) is 33.3 Å². The molecule has 20 heavy (non-hydrogen) atoms. The van der Waals surface area contributed by atoms with E-state index >= 15 is 0 Å². The van der Waals surface area contributed by atoms with Crippen LogP contribution >= 0.6 is 11.6 Å². The van der Waals surface area contributed by atoms with Crippen LogP contribution in [0.5, 0.6) is 0 Å². The second-order valence-corrected chi connectivity index (χ2v) is 5.31. The van der Waals surface area contributed by atoms with Gasteiger partial charge in [0.2, 0.25) is 0 Å². The van der Waals surface area contributed by atoms with Crippen molar-refractivity contribution in [1.82, 2.24) is 0 Å². The number of morpholine rings is 1. The highest BCUT2D eigenvalue weighted by molar-refractivity contribution is 6.33. The molecule has 0 saturated carbocycles. The molecule has 1 N–H and O–H groups in total. The number of hydrogen-bond donors (Lipinski definition) is 1. The Morgan fingerprint density at radius 1 is 1.65 bits per heavy atom. The molecule has 7 heteroatoms. The molecule has 2 unspecified atom stereocenters. The van der Waals surface area contributed by atoms with E-state index in [9.17, 15) is 15.2 Å². The molecule has 1 aromatic carbocycles. The minimum absolute atomic E-state index is 0.0164. The van der Waals surface area contributed by atoms with E-state index in [0.717, 1.165) is 5.69 Å². The van der Waals surface area contributed by atoms with Crippen LogP contribution in [0.1, 0.15) is 13.3 Å². The minimum Gasteiger partial charge on any atom is -0.393 e. The van der Waals surface area contributed by atoms with Gasteiger partial charge in [-0.2, -0.15) is 0 Å². The third-order valence-corrected chi connectivity index (χ3v) is 3.59. The first-order valence-electron chi connectivity index (χ1n) is 6.45. The van der Waals surface area contributed by atoms with Crippen molar-refractivity contribution in [3.63, 3.8) is 0 Å². The van der Waals surface area contributed by atoms with Crippen molar-refractivity contribution in [2.75, 3.05) is 24.7 Å². The van der Waals surface area contributed by atoms with Crippen LogP contribution in [0, 0.1) is 10.1 Å². The highest BCUT2D eigenvalue weighted by Gasteiger charge is 2.26. The molecule has 0 amide bonds. The van der Waals surface area contributed by atoms with Crippen LogP contribution in [0.15, 0.2) is 18.2 Å². The third-order valence-electron chi connectivity index (χ3n) is 3.29. The molecule has 1 aromatic rings. The normalized spacial score (nSPS) is 20.8. The molecular weight excluding hydrogens is 284 g/mol. The van der Waals surface area contributed by atoms with Gasteiger partial charge in [0.1, 0.15) is 0 Å². The van der Waals surface area contributed by atoms with Crippen LogP contribution in [0.3, 0.4) is 0 Å². The van der Waals surface area contributed by atoms with E-state index in [4.69, 9.17) is 16.3 Å². The molecule has 2 atom stereocenters. The molecular formula is C13H17ClN2O4. The van der Waals surface area contributed by atoms with Crippen LogP contribution < -0.4 is 4.90 Å². The van der Waals surface area contributed by atoms with Gasteiger partial charge >= 0.3 is 0 Å². The Kier molecular flexibility index (Phi) is 4.80. The van der Waals surface area contributed by atoms with E-state index in [1.807, 2.05) is 4.90 Å². The van der Waals surface area contributed by atoms with Gasteiger partial charge in [0, 0.05) is 18.7 Å². The summed E-state index contributed by atoms with van der Waals surface area (Å²) in [4.78, 5) is 12.3. The number of nitro benzene ring substituents is 1. The lowest BCUT2D eigenvalue weighted by Gasteiger charge is -2.38. The minimum atomic E-state index is -0.470. The SMILES string of the molecule is CC(O)CC1COCCN1c1ccc([N+](=O)[O-])cc1Cl. The Bertz CT molecular complexity index is 495. The molecule has 1 aliphatic heterocycles. The van der Waals surface area contributed by atoms with Crippen molar-refractivity contribution >= 4 is 23.0 Å². The first-order valence-corrected chi connectivity index (χ1v) is 6.83. The van der Waals surface area contributed by atoms with Gasteiger partial charge < -0.3 is 14.7 Å². The average molecular weight is 301 g/mol. The number of non-ortho nitro benzene ring substituents is 1. The molecule has 0 spiro atoms. The number of aliphatic hydroxyl groups excluding tert-OH is 1. The summed E-state index contributed by atoms with van der Waals surface area (Å²) >= 11 is 6.16. The number of hydrogen-bond acceptors (Lipinski definition) is 5. The van der Waals surface area contributed by atoms with Crippen molar-refractivity contribution in [3.8, 4) is 0 Å². The maximum absolute atomic E-state index is 10.7. The fraction of sp³-hybridized carbons (Fsp3) is 0.538. The van der Waals surface area contributed by atoms with Crippen LogP contribution in [-0.4, -0.2) is 41.9 Å². The molecule has 0 radical (unpaired) electrons. The highest BCUT2D eigenvalue weighted by atomic mass is 35.5. The van der Waals surface area contributed by atoms with Crippen LogP contribution in [0.25, 0.3) is 0 Å². The predicted octanol–water partition coefficient (Wildman–Crippen LogP) is 2.22. The number of ether oxygens (including phenoxy) is 1. The van der Waals surface area contributed by atoms with Gasteiger partial charge in [0.25, 0.3) is 5.69 Å². The van der Waals surface area contributed by atoms with E-state index < -0.39 is 11.0 Å². The quantitative estimate of drug-likeness (QED) is 0.681. The summed E-state index contributed by atoms with van der Waals surface area (Å²) in [6, 6.07) is 4.46. The van der Waals surface area contributed by atoms with E-state index in [0.29, 0.717) is 31.2 Å². The Morgan fingerprint density at radius 2 is 2.40 bits per heavy atom. The monoisotopic (exact) mass is 300 g/mol. The zero-order valence-corrected chi connectivity index (χ0v) is 11.9. The summed E-state index contributed by atoms with van der Waals surface area (Å²) in [5.41, 5.74) is 0.713. The lowest BCUT2D eigenvalue weighted by atomic mass is 10.1. The molecule has 1 heterocycles. The molecule has 0 bridgehead atoms. The number of nitrogens with zero attached hydrogens (tertiary/aromatic N) is 2. The van der Waals surface area contributed by atoms with Gasteiger partial charge in [-0.3, -0.25) is 10.1 Å². The lowest BCUT2D eigenvalue weighted by molar-refractivity contribution is -0.384. The van der Waals surface area contributed by atoms with Gasteiger partial charge in [0.05, 0.1) is 41.0 Å². The number of aliphatic hydroxyl groups is 1. The topological polar surface area (TPSA) is 75.8 Å². The summed E-state index contributed by atoms with van der Waals surface area (Å²) in [5, 5.41) is 20.6. The molecule has 0 aliphatic carbocycles. The van der Waals surface area contributed by atoms with Crippen molar-refractivity contribution in [2.24, 2.45) is 0 Å². The Hall–Kier alpha value is -1.37. The number of nitro groups is 1. The van der Waals surface area contributed by atoms with E-state index in [1.165, 1.54) is 12.1 Å². The Balaban J connectivity index is 2.25. The number of rotatable bonds is 4. The highest BCUT2D eigenvalue weighted by Crippen LogP contribution is 2.32. The zero-order chi connectivity index (χ0) is 14.7. The smallest absolute Gasteiger partial charge is 0.271 e. The summed E-state index contributed by atoms with van der Waals surface area (Å²) < 4.78 is 5.43. The van der Waals surface area contributed by atoms with E-state index in [-0.39, 0.29) is 11.7 Å². The van der Waals surface area contributed by atoms with Crippen LogP contribution in [0.4, 0.5) is 11.4 Å². The second-order valence-electron chi connectivity index (χ2n) is 4.90. The average Bonchev–Trinajstić information content (AvgIpc) is 2.39. The molecule has 2 rings (SSSR count).